The van der Waals surface area contributed by atoms with Gasteiger partial charge in [0, 0.05) is 12.6 Å². The molecule has 2 rings (SSSR count). The van der Waals surface area contributed by atoms with Gasteiger partial charge in [0.25, 0.3) is 0 Å². The van der Waals surface area contributed by atoms with Crippen LogP contribution in [0.5, 0.6) is 0 Å². The van der Waals surface area contributed by atoms with E-state index in [9.17, 15) is 4.79 Å². The number of nitrogens with one attached hydrogen (secondary N) is 1. The lowest BCUT2D eigenvalue weighted by Gasteiger charge is -2.29. The zero-order valence-electron chi connectivity index (χ0n) is 14.3. The second-order valence-electron chi connectivity index (χ2n) is 7.19. The molecule has 1 N–H and O–H groups in total. The Morgan fingerprint density at radius 2 is 1.95 bits per heavy atom. The average Bonchev–Trinajstić information content (AvgIpc) is 3.05. The van der Waals surface area contributed by atoms with Crippen LogP contribution in [0.4, 0.5) is 0 Å². The summed E-state index contributed by atoms with van der Waals surface area (Å²) in [4.78, 5) is 16.9. The molecular formula is C17H33N3O. The summed E-state index contributed by atoms with van der Waals surface area (Å²) < 4.78 is 0. The highest BCUT2D eigenvalue weighted by atomic mass is 16.2. The molecule has 0 aromatic rings. The molecule has 4 heteroatoms. The second kappa shape index (κ2) is 7.59. The largest absolute Gasteiger partial charge is 0.326 e. The summed E-state index contributed by atoms with van der Waals surface area (Å²) >= 11 is 0. The van der Waals surface area contributed by atoms with Crippen LogP contribution in [0.25, 0.3) is 0 Å². The summed E-state index contributed by atoms with van der Waals surface area (Å²) in [6.07, 6.45) is 7.81. The Kier molecular flexibility index (Phi) is 6.06. The molecule has 0 radical (unpaired) electrons. The molecule has 2 atom stereocenters. The molecule has 1 aliphatic heterocycles. The van der Waals surface area contributed by atoms with Gasteiger partial charge < -0.3 is 9.80 Å². The lowest BCUT2D eigenvalue weighted by atomic mass is 10.0. The first-order chi connectivity index (χ1) is 10.0. The Morgan fingerprint density at radius 1 is 1.29 bits per heavy atom. The first kappa shape index (κ1) is 16.8. The maximum absolute atomic E-state index is 12.4. The van der Waals surface area contributed by atoms with Crippen LogP contribution in [-0.4, -0.2) is 54.1 Å². The van der Waals surface area contributed by atoms with Crippen molar-refractivity contribution in [2.24, 2.45) is 5.92 Å². The fourth-order valence-corrected chi connectivity index (χ4v) is 3.62. The van der Waals surface area contributed by atoms with Gasteiger partial charge in [-0.15, -0.1) is 0 Å². The van der Waals surface area contributed by atoms with Crippen molar-refractivity contribution in [1.29, 1.82) is 0 Å². The minimum atomic E-state index is 0.00828. The number of nitrogens with zero attached hydrogens (tertiary/aromatic N) is 2. The average molecular weight is 295 g/mol. The lowest BCUT2D eigenvalue weighted by Crippen LogP contribution is -2.43. The van der Waals surface area contributed by atoms with Crippen LogP contribution in [0.2, 0.25) is 0 Å². The minimum Gasteiger partial charge on any atom is -0.326 e. The zero-order valence-corrected chi connectivity index (χ0v) is 14.3. The molecule has 21 heavy (non-hydrogen) atoms. The number of hydrogen-bond donors (Lipinski definition) is 1. The van der Waals surface area contributed by atoms with Crippen LogP contribution >= 0.6 is 0 Å². The van der Waals surface area contributed by atoms with Gasteiger partial charge in [-0.25, -0.2) is 0 Å². The fraction of sp³-hybridized carbons (Fsp3) is 0.941. The van der Waals surface area contributed by atoms with Gasteiger partial charge in [0.1, 0.15) is 0 Å². The molecule has 0 aromatic carbocycles. The Labute approximate surface area is 130 Å². The van der Waals surface area contributed by atoms with Crippen molar-refractivity contribution in [3.63, 3.8) is 0 Å². The van der Waals surface area contributed by atoms with Gasteiger partial charge in [0.2, 0.25) is 5.91 Å². The van der Waals surface area contributed by atoms with Crippen molar-refractivity contribution >= 4 is 5.91 Å². The summed E-state index contributed by atoms with van der Waals surface area (Å²) in [5.74, 6) is 0.987. The van der Waals surface area contributed by atoms with E-state index in [1.54, 1.807) is 0 Å². The van der Waals surface area contributed by atoms with E-state index < -0.39 is 0 Å². The first-order valence-electron chi connectivity index (χ1n) is 8.77. The van der Waals surface area contributed by atoms with Crippen LogP contribution in [-0.2, 0) is 4.79 Å². The van der Waals surface area contributed by atoms with Gasteiger partial charge in [-0.3, -0.25) is 10.1 Å². The molecule has 1 aliphatic carbocycles. The van der Waals surface area contributed by atoms with Gasteiger partial charge in [-0.1, -0.05) is 12.8 Å². The van der Waals surface area contributed by atoms with Gasteiger partial charge in [0.05, 0.1) is 12.2 Å². The number of hydrogen-bond acceptors (Lipinski definition) is 3. The summed E-state index contributed by atoms with van der Waals surface area (Å²) in [6, 6.07) is 0.611. The highest BCUT2D eigenvalue weighted by Crippen LogP contribution is 2.32. The van der Waals surface area contributed by atoms with Crippen molar-refractivity contribution < 1.29 is 4.79 Å². The predicted molar refractivity (Wildman–Crippen MR) is 87.1 cm³/mol. The molecule has 1 amide bonds. The number of amides is 1. The molecule has 2 fully saturated rings. The van der Waals surface area contributed by atoms with Crippen LogP contribution in [0.1, 0.15) is 59.3 Å². The third-order valence-electron chi connectivity index (χ3n) is 5.30. The minimum absolute atomic E-state index is 0.00828. The van der Waals surface area contributed by atoms with Gasteiger partial charge in [-0.2, -0.15) is 0 Å². The number of carbonyl (C=O) groups excluding carboxylic acids is 1. The molecule has 1 saturated heterocycles. The molecule has 0 aromatic heterocycles. The number of rotatable bonds is 7. The van der Waals surface area contributed by atoms with Crippen LogP contribution in [0.3, 0.4) is 0 Å². The van der Waals surface area contributed by atoms with Crippen molar-refractivity contribution in [1.82, 2.24) is 15.1 Å². The normalized spacial score (nSPS) is 27.5. The summed E-state index contributed by atoms with van der Waals surface area (Å²) in [5, 5.41) is 3.53. The Hall–Kier alpha value is -0.610. The fourth-order valence-electron chi connectivity index (χ4n) is 3.62. The third-order valence-corrected chi connectivity index (χ3v) is 5.30. The molecular weight excluding hydrogens is 262 g/mol. The molecule has 1 saturated carbocycles. The predicted octanol–water partition coefficient (Wildman–Crippen LogP) is 2.44. The first-order valence-corrected chi connectivity index (χ1v) is 8.77. The van der Waals surface area contributed by atoms with E-state index in [-0.39, 0.29) is 6.04 Å². The number of carbonyl (C=O) groups is 1. The summed E-state index contributed by atoms with van der Waals surface area (Å²) in [5.41, 5.74) is 0. The van der Waals surface area contributed by atoms with Gasteiger partial charge >= 0.3 is 0 Å². The van der Waals surface area contributed by atoms with E-state index in [4.69, 9.17) is 0 Å². The van der Waals surface area contributed by atoms with Crippen LogP contribution < -0.4 is 5.32 Å². The monoisotopic (exact) mass is 295 g/mol. The summed E-state index contributed by atoms with van der Waals surface area (Å²) in [6.45, 7) is 8.51. The van der Waals surface area contributed by atoms with E-state index >= 15 is 0 Å². The van der Waals surface area contributed by atoms with Gasteiger partial charge in [0.15, 0.2) is 0 Å². The van der Waals surface area contributed by atoms with E-state index in [2.05, 4.69) is 36.0 Å². The smallest absolute Gasteiger partial charge is 0.240 e. The second-order valence-corrected chi connectivity index (χ2v) is 7.19. The highest BCUT2D eigenvalue weighted by molar-refractivity contribution is 5.83. The topological polar surface area (TPSA) is 35.6 Å². The Balaban J connectivity index is 1.80. The van der Waals surface area contributed by atoms with E-state index in [1.165, 1.54) is 32.1 Å². The van der Waals surface area contributed by atoms with Crippen molar-refractivity contribution in [3.8, 4) is 0 Å². The highest BCUT2D eigenvalue weighted by Gasteiger charge is 2.40. The molecule has 4 nitrogen and oxygen atoms in total. The Bertz CT molecular complexity index is 339. The van der Waals surface area contributed by atoms with Crippen molar-refractivity contribution in [2.45, 2.75) is 77.5 Å². The van der Waals surface area contributed by atoms with E-state index in [1.807, 2.05) is 6.92 Å². The molecule has 1 heterocycles. The third kappa shape index (κ3) is 4.19. The maximum Gasteiger partial charge on any atom is 0.240 e. The molecule has 2 aliphatic rings. The quantitative estimate of drug-likeness (QED) is 0.733. The van der Waals surface area contributed by atoms with Crippen LogP contribution in [0, 0.1) is 5.92 Å². The van der Waals surface area contributed by atoms with E-state index in [0.717, 1.165) is 19.5 Å². The molecule has 122 valence electrons. The number of unbranched alkanes of at least 4 members (excludes halogenated alkanes) is 1. The van der Waals surface area contributed by atoms with Crippen molar-refractivity contribution in [3.05, 3.63) is 0 Å². The van der Waals surface area contributed by atoms with Crippen LogP contribution in [0.15, 0.2) is 0 Å². The Morgan fingerprint density at radius 3 is 2.57 bits per heavy atom. The van der Waals surface area contributed by atoms with Crippen molar-refractivity contribution in [2.75, 3.05) is 20.1 Å². The maximum atomic E-state index is 12.4. The summed E-state index contributed by atoms with van der Waals surface area (Å²) in [7, 11) is 2.18. The zero-order chi connectivity index (χ0) is 15.4. The van der Waals surface area contributed by atoms with E-state index in [0.29, 0.717) is 24.0 Å². The lowest BCUT2D eigenvalue weighted by molar-refractivity contribution is -0.130. The standard InChI is InChI=1S/C17H33N3O/c1-13(2)19(4)11-7-8-12-20-16(15-9-5-6-10-15)18-14(3)17(20)21/h13-16,18H,5-12H2,1-4H3. The molecule has 2 unspecified atom stereocenters. The SMILES string of the molecule is CC1NC(C2CCCC2)N(CCCCN(C)C(C)C)C1=O. The molecule has 0 bridgehead atoms. The van der Waals surface area contributed by atoms with Gasteiger partial charge in [-0.05, 0) is 66.0 Å². The molecule has 0 spiro atoms.